The van der Waals surface area contributed by atoms with Gasteiger partial charge in [-0.1, -0.05) is 12.1 Å². The van der Waals surface area contributed by atoms with E-state index in [1.165, 1.54) is 28.4 Å². The summed E-state index contributed by atoms with van der Waals surface area (Å²) in [5, 5.41) is 2.70. The number of amides is 2. The Morgan fingerprint density at radius 3 is 2.67 bits per heavy atom. The van der Waals surface area contributed by atoms with Crippen molar-refractivity contribution in [1.29, 1.82) is 0 Å². The first kappa shape index (κ1) is 24.1. The Bertz CT molecular complexity index is 874. The highest BCUT2D eigenvalue weighted by Crippen LogP contribution is 2.30. The van der Waals surface area contributed by atoms with E-state index in [2.05, 4.69) is 5.32 Å². The van der Waals surface area contributed by atoms with Crippen LogP contribution in [0.1, 0.15) is 30.9 Å². The summed E-state index contributed by atoms with van der Waals surface area (Å²) < 4.78 is 63.1. The number of halogens is 3. The Balaban J connectivity index is 1.83. The standard InChI is InChI=1S/C19H26F3N3O4S/c1-3-30(28,29)24(2)9-5-8-23-18(27)15-11-17(26)25(13-15)12-14-6-4-7-16(10-14)19(20,21)22/h4,6-7,10,15H,3,5,8-9,11-13H2,1-2H3,(H,23,27). The Morgan fingerprint density at radius 1 is 1.33 bits per heavy atom. The molecule has 11 heteroatoms. The third kappa shape index (κ3) is 6.43. The van der Waals surface area contributed by atoms with Crippen molar-refractivity contribution in [2.75, 3.05) is 32.4 Å². The SMILES string of the molecule is CCS(=O)(=O)N(C)CCCNC(=O)C1CC(=O)N(Cc2cccc(C(F)(F)F)c2)C1. The molecule has 0 radical (unpaired) electrons. The number of benzene rings is 1. The maximum Gasteiger partial charge on any atom is 0.416 e. The van der Waals surface area contributed by atoms with E-state index < -0.39 is 27.7 Å². The fraction of sp³-hybridized carbons (Fsp3) is 0.579. The molecule has 2 rings (SSSR count). The predicted molar refractivity (Wildman–Crippen MR) is 105 cm³/mol. The molecule has 1 saturated heterocycles. The highest BCUT2D eigenvalue weighted by Gasteiger charge is 2.35. The molecule has 0 bridgehead atoms. The zero-order valence-electron chi connectivity index (χ0n) is 16.9. The van der Waals surface area contributed by atoms with Crippen molar-refractivity contribution in [3.05, 3.63) is 35.4 Å². The number of likely N-dealkylation sites (tertiary alicyclic amines) is 1. The van der Waals surface area contributed by atoms with Gasteiger partial charge < -0.3 is 10.2 Å². The molecular weight excluding hydrogens is 423 g/mol. The molecule has 0 aliphatic carbocycles. The summed E-state index contributed by atoms with van der Waals surface area (Å²) in [7, 11) is -1.80. The molecule has 0 spiro atoms. The Labute approximate surface area is 174 Å². The second-order valence-corrected chi connectivity index (χ2v) is 9.60. The molecule has 1 aliphatic heterocycles. The summed E-state index contributed by atoms with van der Waals surface area (Å²) in [6.07, 6.45) is -4.04. The van der Waals surface area contributed by atoms with E-state index in [4.69, 9.17) is 0 Å². The normalized spacial score (nSPS) is 17.6. The molecule has 30 heavy (non-hydrogen) atoms. The minimum atomic E-state index is -4.46. The van der Waals surface area contributed by atoms with Gasteiger partial charge in [-0.15, -0.1) is 0 Å². The van der Waals surface area contributed by atoms with Crippen LogP contribution in [0.15, 0.2) is 24.3 Å². The second-order valence-electron chi connectivity index (χ2n) is 7.24. The fourth-order valence-corrected chi connectivity index (χ4v) is 4.03. The molecule has 1 N–H and O–H groups in total. The van der Waals surface area contributed by atoms with Gasteiger partial charge in [-0.3, -0.25) is 9.59 Å². The van der Waals surface area contributed by atoms with Crippen LogP contribution in [0.25, 0.3) is 0 Å². The summed E-state index contributed by atoms with van der Waals surface area (Å²) in [4.78, 5) is 25.9. The molecule has 168 valence electrons. The van der Waals surface area contributed by atoms with Crippen LogP contribution < -0.4 is 5.32 Å². The van der Waals surface area contributed by atoms with Gasteiger partial charge in [-0.25, -0.2) is 12.7 Å². The van der Waals surface area contributed by atoms with Gasteiger partial charge in [-0.2, -0.15) is 13.2 Å². The smallest absolute Gasteiger partial charge is 0.356 e. The number of carbonyl (C=O) groups excluding carboxylic acids is 2. The van der Waals surface area contributed by atoms with E-state index in [-0.39, 0.29) is 50.2 Å². The predicted octanol–water partition coefficient (Wildman–Crippen LogP) is 1.84. The van der Waals surface area contributed by atoms with Gasteiger partial charge in [0.1, 0.15) is 0 Å². The number of hydrogen-bond donors (Lipinski definition) is 1. The number of sulfonamides is 1. The van der Waals surface area contributed by atoms with Crippen LogP contribution in [0.4, 0.5) is 13.2 Å². The zero-order valence-corrected chi connectivity index (χ0v) is 17.7. The van der Waals surface area contributed by atoms with Gasteiger partial charge in [0.05, 0.1) is 17.2 Å². The molecule has 1 heterocycles. The van der Waals surface area contributed by atoms with Gasteiger partial charge in [0.15, 0.2) is 0 Å². The van der Waals surface area contributed by atoms with E-state index in [1.54, 1.807) is 6.92 Å². The molecule has 7 nitrogen and oxygen atoms in total. The Hall–Kier alpha value is -2.14. The third-order valence-electron chi connectivity index (χ3n) is 5.00. The van der Waals surface area contributed by atoms with Crippen molar-refractivity contribution in [1.82, 2.24) is 14.5 Å². The number of carbonyl (C=O) groups is 2. The van der Waals surface area contributed by atoms with Crippen LogP contribution in [-0.2, 0) is 32.3 Å². The van der Waals surface area contributed by atoms with Crippen LogP contribution in [0.2, 0.25) is 0 Å². The maximum atomic E-state index is 12.8. The number of alkyl halides is 3. The van der Waals surface area contributed by atoms with Crippen LogP contribution in [0.5, 0.6) is 0 Å². The first-order valence-corrected chi connectivity index (χ1v) is 11.2. The molecule has 1 fully saturated rings. The number of hydrogen-bond acceptors (Lipinski definition) is 4. The quantitative estimate of drug-likeness (QED) is 0.583. The monoisotopic (exact) mass is 449 g/mol. The van der Waals surface area contributed by atoms with E-state index in [0.717, 1.165) is 12.1 Å². The van der Waals surface area contributed by atoms with Crippen molar-refractivity contribution in [2.24, 2.45) is 5.92 Å². The van der Waals surface area contributed by atoms with Crippen molar-refractivity contribution < 1.29 is 31.2 Å². The topological polar surface area (TPSA) is 86.8 Å². The van der Waals surface area contributed by atoms with Crippen LogP contribution in [0.3, 0.4) is 0 Å². The van der Waals surface area contributed by atoms with Crippen molar-refractivity contribution in [3.63, 3.8) is 0 Å². The first-order chi connectivity index (χ1) is 13.9. The van der Waals surface area contributed by atoms with Gasteiger partial charge in [-0.05, 0) is 31.0 Å². The minimum Gasteiger partial charge on any atom is -0.356 e. The van der Waals surface area contributed by atoms with Crippen LogP contribution in [-0.4, -0.2) is 61.9 Å². The summed E-state index contributed by atoms with van der Waals surface area (Å²) >= 11 is 0. The molecule has 1 unspecified atom stereocenters. The van der Waals surface area contributed by atoms with Gasteiger partial charge in [0, 0.05) is 39.6 Å². The van der Waals surface area contributed by atoms with Crippen molar-refractivity contribution in [2.45, 2.75) is 32.5 Å². The number of rotatable bonds is 9. The zero-order chi connectivity index (χ0) is 22.5. The third-order valence-corrected chi connectivity index (χ3v) is 6.86. The molecule has 1 aromatic carbocycles. The average Bonchev–Trinajstić information content (AvgIpc) is 3.04. The lowest BCUT2D eigenvalue weighted by Crippen LogP contribution is -2.35. The molecule has 0 aromatic heterocycles. The van der Waals surface area contributed by atoms with E-state index in [9.17, 15) is 31.2 Å². The maximum absolute atomic E-state index is 12.8. The van der Waals surface area contributed by atoms with Crippen molar-refractivity contribution >= 4 is 21.8 Å². The molecule has 2 amide bonds. The largest absolute Gasteiger partial charge is 0.416 e. The molecular formula is C19H26F3N3O4S. The van der Waals surface area contributed by atoms with Crippen molar-refractivity contribution in [3.8, 4) is 0 Å². The highest BCUT2D eigenvalue weighted by molar-refractivity contribution is 7.89. The fourth-order valence-electron chi connectivity index (χ4n) is 3.18. The van der Waals surface area contributed by atoms with E-state index in [0.29, 0.717) is 12.0 Å². The lowest BCUT2D eigenvalue weighted by molar-refractivity contribution is -0.137. The first-order valence-electron chi connectivity index (χ1n) is 9.59. The summed E-state index contributed by atoms with van der Waals surface area (Å²) in [6, 6.07) is 4.77. The molecule has 1 aromatic rings. The molecule has 1 aliphatic rings. The highest BCUT2D eigenvalue weighted by atomic mass is 32.2. The second kappa shape index (κ2) is 9.78. The van der Waals surface area contributed by atoms with Crippen LogP contribution in [0, 0.1) is 5.92 Å². The number of nitrogens with one attached hydrogen (secondary N) is 1. The average molecular weight is 449 g/mol. The minimum absolute atomic E-state index is 0.00174. The Morgan fingerprint density at radius 2 is 2.03 bits per heavy atom. The number of nitrogens with zero attached hydrogens (tertiary/aromatic N) is 2. The summed E-state index contributed by atoms with van der Waals surface area (Å²) in [5.74, 6) is -1.19. The van der Waals surface area contributed by atoms with E-state index >= 15 is 0 Å². The van der Waals surface area contributed by atoms with Crippen LogP contribution >= 0.6 is 0 Å². The van der Waals surface area contributed by atoms with E-state index in [1.807, 2.05) is 0 Å². The lowest BCUT2D eigenvalue weighted by atomic mass is 10.1. The molecule has 1 atom stereocenters. The van der Waals surface area contributed by atoms with Gasteiger partial charge in [0.25, 0.3) is 0 Å². The molecule has 0 saturated carbocycles. The Kier molecular flexibility index (Phi) is 7.87. The lowest BCUT2D eigenvalue weighted by Gasteiger charge is -2.18. The van der Waals surface area contributed by atoms with Gasteiger partial charge >= 0.3 is 6.18 Å². The summed E-state index contributed by atoms with van der Waals surface area (Å²) in [5.41, 5.74) is -0.435. The van der Waals surface area contributed by atoms with Gasteiger partial charge in [0.2, 0.25) is 21.8 Å². The summed E-state index contributed by atoms with van der Waals surface area (Å²) in [6.45, 7) is 2.22.